The van der Waals surface area contributed by atoms with Crippen LogP contribution in [0.4, 0.5) is 5.69 Å². The molecule has 0 saturated carbocycles. The van der Waals surface area contributed by atoms with E-state index in [0.29, 0.717) is 6.61 Å². The Morgan fingerprint density at radius 1 is 1.11 bits per heavy atom. The molecule has 2 nitrogen and oxygen atoms in total. The monoisotopic (exact) mass is 259 g/mol. The molecule has 1 aliphatic rings. The molecule has 2 heteroatoms. The lowest BCUT2D eigenvalue weighted by Crippen LogP contribution is -2.37. The molecule has 0 aliphatic carbocycles. The first-order valence-electron chi connectivity index (χ1n) is 7.45. The van der Waals surface area contributed by atoms with Crippen molar-refractivity contribution in [3.8, 4) is 5.75 Å². The molecule has 0 radical (unpaired) electrons. The summed E-state index contributed by atoms with van der Waals surface area (Å²) in [5.74, 6) is 0.961. The van der Waals surface area contributed by atoms with E-state index in [1.54, 1.807) is 0 Å². The first-order valence-corrected chi connectivity index (χ1v) is 7.45. The molecule has 0 bridgehead atoms. The Morgan fingerprint density at radius 3 is 2.42 bits per heavy atom. The van der Waals surface area contributed by atoms with Crippen LogP contribution in [0.25, 0.3) is 5.57 Å². The Balaban J connectivity index is 2.45. The predicted octanol–water partition coefficient (Wildman–Crippen LogP) is 4.86. The van der Waals surface area contributed by atoms with Crippen molar-refractivity contribution < 1.29 is 4.74 Å². The number of ether oxygens (including phenoxy) is 1. The van der Waals surface area contributed by atoms with Crippen molar-refractivity contribution in [1.82, 2.24) is 0 Å². The summed E-state index contributed by atoms with van der Waals surface area (Å²) in [5.41, 5.74) is 4.09. The number of rotatable bonds is 5. The minimum absolute atomic E-state index is 0.117. The maximum atomic E-state index is 5.61. The molecule has 104 valence electrons. The Bertz CT molecular complexity index is 472. The zero-order chi connectivity index (χ0) is 13.9. The van der Waals surface area contributed by atoms with Gasteiger partial charge in [-0.15, -0.1) is 0 Å². The molecule has 0 aromatic heterocycles. The molecule has 2 rings (SSSR count). The summed E-state index contributed by atoms with van der Waals surface area (Å²) < 4.78 is 5.61. The number of hydrogen-bond donors (Lipinski definition) is 1. The molecular formula is C17H25NO. The molecular weight excluding hydrogens is 234 g/mol. The maximum absolute atomic E-state index is 5.61. The van der Waals surface area contributed by atoms with Crippen LogP contribution in [-0.2, 0) is 0 Å². The Kier molecular flexibility index (Phi) is 4.18. The van der Waals surface area contributed by atoms with Crippen molar-refractivity contribution in [1.29, 1.82) is 0 Å². The second-order valence-corrected chi connectivity index (χ2v) is 5.15. The lowest BCUT2D eigenvalue weighted by atomic mass is 9.83. The van der Waals surface area contributed by atoms with Crippen LogP contribution in [0.1, 0.15) is 52.5 Å². The minimum Gasteiger partial charge on any atom is -0.494 e. The van der Waals surface area contributed by atoms with E-state index in [0.717, 1.165) is 25.0 Å². The molecule has 1 N–H and O–H groups in total. The zero-order valence-corrected chi connectivity index (χ0v) is 12.5. The van der Waals surface area contributed by atoms with Crippen LogP contribution in [0, 0.1) is 0 Å². The highest BCUT2D eigenvalue weighted by atomic mass is 16.5. The largest absolute Gasteiger partial charge is 0.494 e. The van der Waals surface area contributed by atoms with Crippen LogP contribution in [0.15, 0.2) is 24.3 Å². The fourth-order valence-electron chi connectivity index (χ4n) is 2.79. The van der Waals surface area contributed by atoms with Gasteiger partial charge in [-0.25, -0.2) is 0 Å². The van der Waals surface area contributed by atoms with E-state index in [9.17, 15) is 0 Å². The van der Waals surface area contributed by atoms with E-state index in [1.807, 2.05) is 6.92 Å². The van der Waals surface area contributed by atoms with Gasteiger partial charge in [0.1, 0.15) is 5.75 Å². The number of fused-ring (bicyclic) bond motifs is 1. The lowest BCUT2D eigenvalue weighted by Gasteiger charge is -2.37. The van der Waals surface area contributed by atoms with Gasteiger partial charge in [-0.2, -0.15) is 0 Å². The Hall–Kier alpha value is -1.44. The molecule has 0 unspecified atom stereocenters. The van der Waals surface area contributed by atoms with E-state index in [4.69, 9.17) is 4.74 Å². The summed E-state index contributed by atoms with van der Waals surface area (Å²) >= 11 is 0. The van der Waals surface area contributed by atoms with Crippen LogP contribution < -0.4 is 10.1 Å². The Labute approximate surface area is 116 Å². The van der Waals surface area contributed by atoms with Crippen LogP contribution in [-0.4, -0.2) is 12.1 Å². The quantitative estimate of drug-likeness (QED) is 0.815. The molecule has 0 fully saturated rings. The average Bonchev–Trinajstić information content (AvgIpc) is 2.46. The van der Waals surface area contributed by atoms with E-state index in [1.165, 1.54) is 16.8 Å². The smallest absolute Gasteiger partial charge is 0.120 e. The highest BCUT2D eigenvalue weighted by molar-refractivity contribution is 5.82. The Morgan fingerprint density at radius 2 is 1.84 bits per heavy atom. The minimum atomic E-state index is 0.117. The number of benzene rings is 1. The maximum Gasteiger partial charge on any atom is 0.120 e. The molecule has 0 atom stereocenters. The second kappa shape index (κ2) is 5.68. The van der Waals surface area contributed by atoms with Crippen molar-refractivity contribution in [3.63, 3.8) is 0 Å². The third-order valence-electron chi connectivity index (χ3n) is 4.12. The molecule has 0 amide bonds. The predicted molar refractivity (Wildman–Crippen MR) is 82.8 cm³/mol. The van der Waals surface area contributed by atoms with E-state index in [-0.39, 0.29) is 5.54 Å². The van der Waals surface area contributed by atoms with Crippen molar-refractivity contribution in [2.75, 3.05) is 11.9 Å². The van der Waals surface area contributed by atoms with Gasteiger partial charge in [-0.3, -0.25) is 0 Å². The van der Waals surface area contributed by atoms with Gasteiger partial charge >= 0.3 is 0 Å². The van der Waals surface area contributed by atoms with Crippen molar-refractivity contribution in [2.45, 2.75) is 52.5 Å². The van der Waals surface area contributed by atoms with Crippen molar-refractivity contribution in [2.24, 2.45) is 0 Å². The summed E-state index contributed by atoms with van der Waals surface area (Å²) in [4.78, 5) is 0. The van der Waals surface area contributed by atoms with Crippen molar-refractivity contribution >= 4 is 11.3 Å². The standard InChI is InChI=1S/C17H25NO/c1-5-13-12-17(6-2,7-3)18-16-10-9-14(19-8-4)11-15(13)16/h9-12,18H,5-8H2,1-4H3. The molecule has 0 spiro atoms. The molecule has 1 aromatic rings. The number of hydrogen-bond acceptors (Lipinski definition) is 2. The van der Waals surface area contributed by atoms with E-state index in [2.05, 4.69) is 50.4 Å². The highest BCUT2D eigenvalue weighted by Crippen LogP contribution is 2.39. The summed E-state index contributed by atoms with van der Waals surface area (Å²) in [6, 6.07) is 6.38. The van der Waals surface area contributed by atoms with Gasteiger partial charge in [0.2, 0.25) is 0 Å². The fraction of sp³-hybridized carbons (Fsp3) is 0.529. The van der Waals surface area contributed by atoms with Crippen LogP contribution in [0.2, 0.25) is 0 Å². The highest BCUT2D eigenvalue weighted by Gasteiger charge is 2.29. The SMILES string of the molecule is CCOc1ccc2c(c1)C(CC)=CC(CC)(CC)N2. The first-order chi connectivity index (χ1) is 9.18. The third-order valence-corrected chi connectivity index (χ3v) is 4.12. The molecule has 19 heavy (non-hydrogen) atoms. The number of nitrogens with one attached hydrogen (secondary N) is 1. The van der Waals surface area contributed by atoms with E-state index >= 15 is 0 Å². The average molecular weight is 259 g/mol. The first kappa shape index (κ1) is 14.0. The van der Waals surface area contributed by atoms with Crippen LogP contribution in [0.5, 0.6) is 5.75 Å². The van der Waals surface area contributed by atoms with Crippen molar-refractivity contribution in [3.05, 3.63) is 29.8 Å². The lowest BCUT2D eigenvalue weighted by molar-refractivity contribution is 0.340. The molecule has 1 aromatic carbocycles. The summed E-state index contributed by atoms with van der Waals surface area (Å²) in [6.45, 7) is 9.46. The van der Waals surface area contributed by atoms with Gasteiger partial charge in [0.15, 0.2) is 0 Å². The van der Waals surface area contributed by atoms with Crippen LogP contribution in [0.3, 0.4) is 0 Å². The van der Waals surface area contributed by atoms with Gasteiger partial charge in [0.05, 0.1) is 12.1 Å². The number of allylic oxidation sites excluding steroid dienone is 1. The topological polar surface area (TPSA) is 21.3 Å². The normalized spacial score (nSPS) is 16.3. The molecule has 1 aliphatic heterocycles. The van der Waals surface area contributed by atoms with E-state index < -0.39 is 0 Å². The van der Waals surface area contributed by atoms with Gasteiger partial charge in [0, 0.05) is 11.3 Å². The molecule has 0 saturated heterocycles. The fourth-order valence-corrected chi connectivity index (χ4v) is 2.79. The number of anilines is 1. The summed E-state index contributed by atoms with van der Waals surface area (Å²) in [6.07, 6.45) is 5.70. The second-order valence-electron chi connectivity index (χ2n) is 5.15. The van der Waals surface area contributed by atoms with Gasteiger partial charge in [-0.1, -0.05) is 26.8 Å². The summed E-state index contributed by atoms with van der Waals surface area (Å²) in [7, 11) is 0. The summed E-state index contributed by atoms with van der Waals surface area (Å²) in [5, 5.41) is 3.71. The van der Waals surface area contributed by atoms with Gasteiger partial charge in [-0.05, 0) is 50.0 Å². The zero-order valence-electron chi connectivity index (χ0n) is 12.5. The van der Waals surface area contributed by atoms with Crippen LogP contribution >= 0.6 is 0 Å². The van der Waals surface area contributed by atoms with Gasteiger partial charge in [0.25, 0.3) is 0 Å². The molecule has 1 heterocycles. The third kappa shape index (κ3) is 2.63. The van der Waals surface area contributed by atoms with Gasteiger partial charge < -0.3 is 10.1 Å².